The standard InChI is InChI=1S/C36H25N3O4/c1-23-15-30(40-20-37)12-9-26(23)8-7-25(3)43-31-13-10-27-11-14-35(42-22-39)36(34(27)19-31)28-5-4-6-33-24(2)16-32(41-21-38)18-29(33)17-28/h4-5,7-19H,1,6H2,2-3H3/b25-7+,26-8-. The Kier molecular flexibility index (Phi) is 8.24. The largest absolute Gasteiger partial charge is 0.462 e. The lowest BCUT2D eigenvalue weighted by Gasteiger charge is -2.14. The van der Waals surface area contributed by atoms with Crippen LogP contribution in [0.15, 0.2) is 84.7 Å². The second-order valence-electron chi connectivity index (χ2n) is 9.82. The second-order valence-corrected chi connectivity index (χ2v) is 9.82. The first-order valence-electron chi connectivity index (χ1n) is 13.3. The van der Waals surface area contributed by atoms with Gasteiger partial charge in [0.15, 0.2) is 5.75 Å². The molecular formula is C36H25N3O4. The zero-order valence-corrected chi connectivity index (χ0v) is 23.5. The molecule has 4 aromatic rings. The fourth-order valence-corrected chi connectivity index (χ4v) is 5.07. The van der Waals surface area contributed by atoms with Crippen LogP contribution in [0.5, 0.6) is 23.0 Å². The maximum atomic E-state index is 9.43. The van der Waals surface area contributed by atoms with E-state index in [4.69, 9.17) is 29.5 Å². The number of rotatable bonds is 7. The van der Waals surface area contributed by atoms with Crippen molar-refractivity contribution in [3.63, 3.8) is 0 Å². The predicted molar refractivity (Wildman–Crippen MR) is 165 cm³/mol. The maximum absolute atomic E-state index is 9.43. The van der Waals surface area contributed by atoms with E-state index in [1.165, 1.54) is 0 Å². The highest BCUT2D eigenvalue weighted by Crippen LogP contribution is 2.39. The monoisotopic (exact) mass is 563 g/mol. The van der Waals surface area contributed by atoms with Crippen LogP contribution in [0.3, 0.4) is 0 Å². The van der Waals surface area contributed by atoms with Gasteiger partial charge in [-0.15, -0.1) is 15.8 Å². The van der Waals surface area contributed by atoms with Crippen LogP contribution in [0, 0.1) is 41.5 Å². The van der Waals surface area contributed by atoms with E-state index < -0.39 is 0 Å². The normalized spacial score (nSPS) is 12.7. The molecule has 0 bridgehead atoms. The lowest BCUT2D eigenvalue weighted by atomic mass is 9.94. The molecule has 4 aromatic carbocycles. The van der Waals surface area contributed by atoms with E-state index in [0.29, 0.717) is 40.4 Å². The molecule has 0 atom stereocenters. The number of hydrogen-bond acceptors (Lipinski definition) is 7. The first-order chi connectivity index (χ1) is 20.9. The molecule has 1 aliphatic rings. The van der Waals surface area contributed by atoms with E-state index in [2.05, 4.69) is 12.7 Å². The van der Waals surface area contributed by atoms with Crippen LogP contribution in [-0.2, 0) is 6.42 Å². The Hall–Kier alpha value is -6.23. The summed E-state index contributed by atoms with van der Waals surface area (Å²) in [6.07, 6.45) is 15.7. The molecule has 208 valence electrons. The number of nitriles is 3. The molecule has 0 spiro atoms. The van der Waals surface area contributed by atoms with Gasteiger partial charge in [-0.3, -0.25) is 0 Å². The Bertz CT molecular complexity index is 2090. The molecule has 0 N–H and O–H groups in total. The van der Waals surface area contributed by atoms with Gasteiger partial charge >= 0.3 is 0 Å². The Balaban J connectivity index is 1.57. The van der Waals surface area contributed by atoms with Crippen molar-refractivity contribution in [1.29, 1.82) is 15.8 Å². The number of ether oxygens (including phenoxy) is 4. The molecule has 5 rings (SSSR count). The number of hydrogen-bond donors (Lipinski definition) is 0. The lowest BCUT2D eigenvalue weighted by Crippen LogP contribution is -2.22. The fraction of sp³-hybridized carbons (Fsp3) is 0.0833. The fourth-order valence-electron chi connectivity index (χ4n) is 5.07. The summed E-state index contributed by atoms with van der Waals surface area (Å²) in [6, 6.07) is 18.4. The van der Waals surface area contributed by atoms with Crippen LogP contribution in [-0.4, -0.2) is 0 Å². The molecule has 0 fully saturated rings. The number of allylic oxidation sites excluding steroid dienone is 5. The van der Waals surface area contributed by atoms with Crippen molar-refractivity contribution in [2.24, 2.45) is 0 Å². The van der Waals surface area contributed by atoms with Crippen molar-refractivity contribution in [3.8, 4) is 41.8 Å². The van der Waals surface area contributed by atoms with Crippen molar-refractivity contribution in [1.82, 2.24) is 0 Å². The van der Waals surface area contributed by atoms with E-state index in [-0.39, 0.29) is 0 Å². The van der Waals surface area contributed by atoms with Crippen LogP contribution in [0.2, 0.25) is 0 Å². The van der Waals surface area contributed by atoms with Gasteiger partial charge in [-0.05, 0) is 118 Å². The minimum absolute atomic E-state index is 0.417. The highest BCUT2D eigenvalue weighted by molar-refractivity contribution is 6.04. The SMILES string of the molecule is C=c1cc(OC#N)cc/c1=C/C=C(\C)Oc1ccc2ccc(OC#N)c(C3=Cc4cc(OC#N)cc(C)c4CC=C3)c2c1. The summed E-state index contributed by atoms with van der Waals surface area (Å²) in [5, 5.41) is 30.6. The van der Waals surface area contributed by atoms with Gasteiger partial charge in [0, 0.05) is 5.56 Å². The Morgan fingerprint density at radius 1 is 0.860 bits per heavy atom. The molecule has 0 unspecified atom stereocenters. The summed E-state index contributed by atoms with van der Waals surface area (Å²) < 4.78 is 21.6. The minimum atomic E-state index is 0.417. The van der Waals surface area contributed by atoms with Crippen molar-refractivity contribution in [3.05, 3.63) is 117 Å². The molecular weight excluding hydrogens is 538 g/mol. The van der Waals surface area contributed by atoms with Crippen LogP contribution < -0.4 is 29.4 Å². The Labute approximate surface area is 249 Å². The summed E-state index contributed by atoms with van der Waals surface area (Å²) >= 11 is 0. The van der Waals surface area contributed by atoms with Crippen molar-refractivity contribution in [2.45, 2.75) is 20.3 Å². The molecule has 1 aliphatic carbocycles. The average molecular weight is 564 g/mol. The third kappa shape index (κ3) is 6.25. The molecule has 0 saturated carbocycles. The maximum Gasteiger partial charge on any atom is 0.292 e. The summed E-state index contributed by atoms with van der Waals surface area (Å²) in [5.74, 6) is 2.57. The zero-order chi connectivity index (χ0) is 30.3. The average Bonchev–Trinajstić information content (AvgIpc) is 3.20. The highest BCUT2D eigenvalue weighted by atomic mass is 16.5. The van der Waals surface area contributed by atoms with Crippen LogP contribution in [0.1, 0.15) is 29.2 Å². The molecule has 7 nitrogen and oxygen atoms in total. The Morgan fingerprint density at radius 3 is 2.37 bits per heavy atom. The van der Waals surface area contributed by atoms with Crippen molar-refractivity contribution < 1.29 is 18.9 Å². The van der Waals surface area contributed by atoms with Crippen molar-refractivity contribution >= 4 is 35.1 Å². The lowest BCUT2D eigenvalue weighted by molar-refractivity contribution is 0.429. The first kappa shape index (κ1) is 28.3. The van der Waals surface area contributed by atoms with E-state index in [1.807, 2.05) is 86.9 Å². The van der Waals surface area contributed by atoms with Crippen LogP contribution in [0.25, 0.3) is 35.1 Å². The van der Waals surface area contributed by atoms with E-state index >= 15 is 0 Å². The first-order valence-corrected chi connectivity index (χ1v) is 13.3. The highest BCUT2D eigenvalue weighted by Gasteiger charge is 2.17. The Morgan fingerprint density at radius 2 is 1.60 bits per heavy atom. The van der Waals surface area contributed by atoms with Gasteiger partial charge in [-0.1, -0.05) is 43.0 Å². The molecule has 43 heavy (non-hydrogen) atoms. The zero-order valence-electron chi connectivity index (χ0n) is 23.5. The number of aryl methyl sites for hydroxylation is 1. The summed E-state index contributed by atoms with van der Waals surface area (Å²) in [7, 11) is 0. The summed E-state index contributed by atoms with van der Waals surface area (Å²) in [4.78, 5) is 0. The summed E-state index contributed by atoms with van der Waals surface area (Å²) in [6.45, 7) is 7.86. The third-order valence-corrected chi connectivity index (χ3v) is 7.03. The van der Waals surface area contributed by atoms with Crippen molar-refractivity contribution in [2.75, 3.05) is 0 Å². The van der Waals surface area contributed by atoms with E-state index in [0.717, 1.165) is 43.8 Å². The van der Waals surface area contributed by atoms with Gasteiger partial charge in [0.25, 0.3) is 18.8 Å². The van der Waals surface area contributed by atoms with Crippen LogP contribution >= 0.6 is 0 Å². The second kappa shape index (κ2) is 12.5. The van der Waals surface area contributed by atoms with Gasteiger partial charge in [0.05, 0.1) is 0 Å². The van der Waals surface area contributed by atoms with Crippen LogP contribution in [0.4, 0.5) is 0 Å². The molecule has 0 aromatic heterocycles. The number of benzene rings is 4. The quantitative estimate of drug-likeness (QED) is 0.185. The number of nitrogens with zero attached hydrogens (tertiary/aromatic N) is 3. The van der Waals surface area contributed by atoms with Gasteiger partial charge in [0.2, 0.25) is 0 Å². The van der Waals surface area contributed by atoms with Gasteiger partial charge in [-0.2, -0.15) is 0 Å². The predicted octanol–water partition coefficient (Wildman–Crippen LogP) is 6.55. The molecule has 0 saturated heterocycles. The molecule has 0 radical (unpaired) electrons. The minimum Gasteiger partial charge on any atom is -0.462 e. The smallest absolute Gasteiger partial charge is 0.292 e. The summed E-state index contributed by atoms with van der Waals surface area (Å²) in [5.41, 5.74) is 4.64. The molecule has 0 amide bonds. The topological polar surface area (TPSA) is 108 Å². The van der Waals surface area contributed by atoms with Gasteiger partial charge < -0.3 is 18.9 Å². The van der Waals surface area contributed by atoms with E-state index in [1.54, 1.807) is 30.7 Å². The van der Waals surface area contributed by atoms with Gasteiger partial charge in [-0.25, -0.2) is 0 Å². The molecule has 7 heteroatoms. The third-order valence-electron chi connectivity index (χ3n) is 7.03. The number of fused-ring (bicyclic) bond motifs is 2. The molecule has 0 aliphatic heterocycles. The van der Waals surface area contributed by atoms with E-state index in [9.17, 15) is 5.26 Å². The molecule has 0 heterocycles. The van der Waals surface area contributed by atoms with Gasteiger partial charge in [0.1, 0.15) is 23.0 Å².